The third-order valence-electron chi connectivity index (χ3n) is 6.26. The van der Waals surface area contributed by atoms with Gasteiger partial charge in [0, 0.05) is 0 Å². The molecular weight excluding hydrogens is 356 g/mol. The number of rotatable bonds is 16. The average Bonchev–Trinajstić information content (AvgIpc) is 2.65. The highest BCUT2D eigenvalue weighted by atomic mass is 28.3. The van der Waals surface area contributed by atoms with Crippen molar-refractivity contribution in [3.8, 4) is 0 Å². The summed E-state index contributed by atoms with van der Waals surface area (Å²) in [5.41, 5.74) is 0. The Morgan fingerprint density at radius 2 is 1.04 bits per heavy atom. The van der Waals surface area contributed by atoms with Crippen LogP contribution in [0.4, 0.5) is 0 Å². The minimum Gasteiger partial charge on any atom is -0.0682 e. The van der Waals surface area contributed by atoms with Gasteiger partial charge in [-0.05, 0) is 0 Å². The molecule has 0 aliphatic heterocycles. The van der Waals surface area contributed by atoms with Gasteiger partial charge >= 0.3 is 0 Å². The van der Waals surface area contributed by atoms with Crippen molar-refractivity contribution in [1.82, 2.24) is 0 Å². The molecule has 0 N–H and O–H groups in total. The molecule has 0 radical (unpaired) electrons. The Morgan fingerprint density at radius 1 is 0.630 bits per heavy atom. The van der Waals surface area contributed by atoms with Gasteiger partial charge in [0.15, 0.2) is 0 Å². The van der Waals surface area contributed by atoms with E-state index in [1.807, 2.05) is 0 Å². The molecule has 0 saturated carbocycles. The van der Waals surface area contributed by atoms with Gasteiger partial charge < -0.3 is 0 Å². The van der Waals surface area contributed by atoms with E-state index in [4.69, 9.17) is 0 Å². The lowest BCUT2D eigenvalue weighted by Gasteiger charge is -2.23. The van der Waals surface area contributed by atoms with Crippen LogP contribution in [-0.4, -0.2) is 16.9 Å². The van der Waals surface area contributed by atoms with Crippen LogP contribution in [-0.2, 0) is 0 Å². The Labute approximate surface area is 174 Å². The smallest absolute Gasteiger partial charge is 0.0682 e. The van der Waals surface area contributed by atoms with Crippen molar-refractivity contribution in [1.29, 1.82) is 0 Å². The van der Waals surface area contributed by atoms with Crippen LogP contribution < -0.4 is 10.4 Å². The molecule has 0 nitrogen and oxygen atoms in total. The molecule has 0 atom stereocenters. The van der Waals surface area contributed by atoms with E-state index in [2.05, 4.69) is 57.4 Å². The summed E-state index contributed by atoms with van der Waals surface area (Å²) in [6.07, 6.45) is 18.9. The highest BCUT2D eigenvalue weighted by Crippen LogP contribution is 2.17. The summed E-state index contributed by atoms with van der Waals surface area (Å²) in [4.78, 5) is 0. The molecule has 0 spiro atoms. The van der Waals surface area contributed by atoms with Crippen LogP contribution in [0.1, 0.15) is 90.4 Å². The second kappa shape index (κ2) is 14.6. The summed E-state index contributed by atoms with van der Waals surface area (Å²) in [7, 11) is -1.86. The van der Waals surface area contributed by atoms with Crippen molar-refractivity contribution in [3.63, 3.8) is 0 Å². The summed E-state index contributed by atoms with van der Waals surface area (Å²) in [6.45, 7) is 12.3. The van der Waals surface area contributed by atoms with Gasteiger partial charge in [-0.1, -0.05) is 157 Å². The van der Waals surface area contributed by atoms with Crippen LogP contribution >= 0.6 is 0 Å². The molecule has 1 rings (SSSR count). The van der Waals surface area contributed by atoms with Crippen molar-refractivity contribution in [2.75, 3.05) is 0 Å². The minimum absolute atomic E-state index is 0.642. The van der Waals surface area contributed by atoms with E-state index in [1.165, 1.54) is 89.5 Å². The maximum atomic E-state index is 2.56. The normalized spacial score (nSPS) is 12.1. The third kappa shape index (κ3) is 11.3. The monoisotopic (exact) mass is 404 g/mol. The Kier molecular flexibility index (Phi) is 13.4. The zero-order chi connectivity index (χ0) is 20.0. The molecule has 0 unspecified atom stereocenters. The first kappa shape index (κ1) is 24.7. The van der Waals surface area contributed by atoms with E-state index < -0.39 is 16.9 Å². The lowest BCUT2D eigenvalue weighted by atomic mass is 10.1. The largest absolute Gasteiger partial charge is 0.0806 e. The lowest BCUT2D eigenvalue weighted by molar-refractivity contribution is 0.542. The van der Waals surface area contributed by atoms with E-state index in [0.29, 0.717) is 0 Å². The average molecular weight is 405 g/mol. The second-order valence-corrected chi connectivity index (χ2v) is 17.5. The first-order valence-corrected chi connectivity index (χ1v) is 18.2. The van der Waals surface area contributed by atoms with Crippen LogP contribution in [0.25, 0.3) is 0 Å². The molecule has 156 valence electrons. The Bertz CT molecular complexity index is 462. The molecular formula is C25H48Si2. The number of unbranched alkanes of at least 4 members (excludes halogenated alkanes) is 12. The van der Waals surface area contributed by atoms with Gasteiger partial charge in [-0.25, -0.2) is 0 Å². The lowest BCUT2D eigenvalue weighted by Crippen LogP contribution is -2.42. The van der Waals surface area contributed by atoms with Crippen molar-refractivity contribution < 1.29 is 0 Å². The zero-order valence-electron chi connectivity index (χ0n) is 19.3. The fourth-order valence-electron chi connectivity index (χ4n) is 4.05. The molecule has 0 aromatic heterocycles. The predicted molar refractivity (Wildman–Crippen MR) is 133 cm³/mol. The maximum Gasteiger partial charge on any atom is 0.0806 e. The van der Waals surface area contributed by atoms with Crippen molar-refractivity contribution in [3.05, 3.63) is 24.3 Å². The summed E-state index contributed by atoms with van der Waals surface area (Å²) in [5.74, 6) is 0. The molecule has 27 heavy (non-hydrogen) atoms. The van der Waals surface area contributed by atoms with Gasteiger partial charge in [0.25, 0.3) is 0 Å². The van der Waals surface area contributed by atoms with Crippen LogP contribution in [0.2, 0.25) is 32.2 Å². The fraction of sp³-hybridized carbons (Fsp3) is 0.760. The van der Waals surface area contributed by atoms with Gasteiger partial charge in [0.05, 0.1) is 16.9 Å². The third-order valence-corrected chi connectivity index (χ3v) is 11.5. The van der Waals surface area contributed by atoms with Gasteiger partial charge in [-0.2, -0.15) is 0 Å². The number of hydrogen-bond donors (Lipinski definition) is 0. The summed E-state index contributed by atoms with van der Waals surface area (Å²) in [5, 5.41) is 3.28. The number of hydrogen-bond acceptors (Lipinski definition) is 0. The molecule has 1 aromatic carbocycles. The second-order valence-electron chi connectivity index (χ2n) is 9.65. The quantitative estimate of drug-likeness (QED) is 0.199. The molecule has 0 fully saturated rings. The van der Waals surface area contributed by atoms with Crippen molar-refractivity contribution in [2.45, 2.75) is 123 Å². The summed E-state index contributed by atoms with van der Waals surface area (Å²) < 4.78 is 0. The predicted octanol–water partition coefficient (Wildman–Crippen LogP) is 7.39. The SMILES string of the molecule is CCCCCCCCCCCCCCC[Si](C)(C)c1ccc([SiH](C)C)cc1. The van der Waals surface area contributed by atoms with Crippen molar-refractivity contribution in [2.24, 2.45) is 0 Å². The van der Waals surface area contributed by atoms with Crippen LogP contribution in [0.3, 0.4) is 0 Å². The van der Waals surface area contributed by atoms with E-state index in [1.54, 1.807) is 10.4 Å². The summed E-state index contributed by atoms with van der Waals surface area (Å²) in [6, 6.07) is 11.2. The van der Waals surface area contributed by atoms with E-state index >= 15 is 0 Å². The first-order valence-electron chi connectivity index (χ1n) is 12.1. The Morgan fingerprint density at radius 3 is 1.44 bits per heavy atom. The van der Waals surface area contributed by atoms with Gasteiger partial charge in [-0.3, -0.25) is 0 Å². The van der Waals surface area contributed by atoms with Crippen LogP contribution in [0, 0.1) is 0 Å². The van der Waals surface area contributed by atoms with E-state index in [9.17, 15) is 0 Å². The number of benzene rings is 1. The van der Waals surface area contributed by atoms with Crippen molar-refractivity contribution >= 4 is 27.2 Å². The zero-order valence-corrected chi connectivity index (χ0v) is 21.4. The van der Waals surface area contributed by atoms with E-state index in [-0.39, 0.29) is 0 Å². The van der Waals surface area contributed by atoms with E-state index in [0.717, 1.165) is 0 Å². The molecule has 0 amide bonds. The fourth-order valence-corrected chi connectivity index (χ4v) is 7.50. The van der Waals surface area contributed by atoms with Gasteiger partial charge in [0.2, 0.25) is 0 Å². The topological polar surface area (TPSA) is 0 Å². The Balaban J connectivity index is 2.03. The van der Waals surface area contributed by atoms with Gasteiger partial charge in [0.1, 0.15) is 0 Å². The standard InChI is InChI=1S/C25H48Si2/c1-6-7-8-9-10-11-12-13-14-15-16-17-18-23-27(4,5)25-21-19-24(20-22-25)26(2)3/h19-22,26H,6-18,23H2,1-5H3. The molecule has 0 saturated heterocycles. The molecule has 0 aliphatic carbocycles. The van der Waals surface area contributed by atoms with Gasteiger partial charge in [-0.15, -0.1) is 0 Å². The highest BCUT2D eigenvalue weighted by molar-refractivity contribution is 6.89. The first-order chi connectivity index (χ1) is 13.0. The molecule has 0 heterocycles. The Hall–Kier alpha value is -0.346. The van der Waals surface area contributed by atoms with Crippen LogP contribution in [0.5, 0.6) is 0 Å². The molecule has 1 aromatic rings. The highest BCUT2D eigenvalue weighted by Gasteiger charge is 2.22. The molecule has 2 heteroatoms. The molecule has 0 aliphatic rings. The van der Waals surface area contributed by atoms with Crippen LogP contribution in [0.15, 0.2) is 24.3 Å². The maximum absolute atomic E-state index is 2.56. The summed E-state index contributed by atoms with van der Waals surface area (Å²) >= 11 is 0. The molecule has 0 bridgehead atoms. The minimum atomic E-state index is -1.22.